The summed E-state index contributed by atoms with van der Waals surface area (Å²) in [6.07, 6.45) is 2.96. The summed E-state index contributed by atoms with van der Waals surface area (Å²) < 4.78 is 7.35. The van der Waals surface area contributed by atoms with Crippen LogP contribution in [0.3, 0.4) is 0 Å². The van der Waals surface area contributed by atoms with E-state index in [0.717, 1.165) is 60.2 Å². The molecule has 1 aliphatic rings. The van der Waals surface area contributed by atoms with Crippen molar-refractivity contribution in [1.29, 1.82) is 0 Å². The molecule has 35 heavy (non-hydrogen) atoms. The van der Waals surface area contributed by atoms with E-state index in [9.17, 15) is 5.11 Å². The lowest BCUT2D eigenvalue weighted by molar-refractivity contribution is 0.0342. The average Bonchev–Trinajstić information content (AvgIpc) is 3.55. The monoisotopic (exact) mass is 484 g/mol. The van der Waals surface area contributed by atoms with Gasteiger partial charge in [-0.05, 0) is 36.8 Å². The Hall–Kier alpha value is -3.28. The molecule has 1 unspecified atom stereocenters. The first-order valence-corrected chi connectivity index (χ1v) is 12.7. The summed E-state index contributed by atoms with van der Waals surface area (Å²) >= 11 is 1.61. The Balaban J connectivity index is 1.20. The first kappa shape index (κ1) is 23.5. The van der Waals surface area contributed by atoms with Crippen LogP contribution >= 0.6 is 11.3 Å². The minimum atomic E-state index is -0.607. The quantitative estimate of drug-likeness (QED) is 0.413. The minimum Gasteiger partial charge on any atom is -0.385 e. The molecule has 1 N–H and O–H groups in total. The molecule has 0 amide bonds. The SMILES string of the molecule is CC(O)c1nccn1Cc1csc(-c2ccc(C#Cc3ccc(CN4CCOCC4)cc3)cc2)n1. The smallest absolute Gasteiger partial charge is 0.137 e. The third kappa shape index (κ3) is 6.05. The van der Waals surface area contributed by atoms with Crippen molar-refractivity contribution in [1.82, 2.24) is 19.4 Å². The zero-order valence-corrected chi connectivity index (χ0v) is 20.5. The molecule has 7 heteroatoms. The van der Waals surface area contributed by atoms with Gasteiger partial charge in [-0.2, -0.15) is 0 Å². The Labute approximate surface area is 209 Å². The van der Waals surface area contributed by atoms with Crippen molar-refractivity contribution in [3.05, 3.63) is 94.5 Å². The molecular weight excluding hydrogens is 456 g/mol. The molecule has 5 rings (SSSR count). The maximum atomic E-state index is 9.85. The molecule has 1 fully saturated rings. The fraction of sp³-hybridized carbons (Fsp3) is 0.286. The normalized spacial score (nSPS) is 14.9. The molecule has 6 nitrogen and oxygen atoms in total. The van der Waals surface area contributed by atoms with Gasteiger partial charge >= 0.3 is 0 Å². The Kier molecular flexibility index (Phi) is 7.36. The van der Waals surface area contributed by atoms with Crippen molar-refractivity contribution < 1.29 is 9.84 Å². The van der Waals surface area contributed by atoms with E-state index in [1.54, 1.807) is 24.5 Å². The van der Waals surface area contributed by atoms with E-state index in [1.165, 1.54) is 5.56 Å². The second kappa shape index (κ2) is 11.0. The Morgan fingerprint density at radius 1 is 1.00 bits per heavy atom. The third-order valence-corrected chi connectivity index (χ3v) is 6.89. The van der Waals surface area contributed by atoms with Gasteiger partial charge in [0.1, 0.15) is 16.9 Å². The van der Waals surface area contributed by atoms with Gasteiger partial charge in [0.2, 0.25) is 0 Å². The van der Waals surface area contributed by atoms with Gasteiger partial charge in [-0.15, -0.1) is 11.3 Å². The molecular formula is C28H28N4O2S. The van der Waals surface area contributed by atoms with Crippen molar-refractivity contribution in [3.63, 3.8) is 0 Å². The predicted octanol–water partition coefficient (Wildman–Crippen LogP) is 4.34. The molecule has 3 heterocycles. The number of ether oxygens (including phenoxy) is 1. The fourth-order valence-electron chi connectivity index (χ4n) is 4.06. The van der Waals surface area contributed by atoms with E-state index in [2.05, 4.69) is 63.5 Å². The first-order chi connectivity index (χ1) is 17.1. The van der Waals surface area contributed by atoms with E-state index < -0.39 is 6.10 Å². The summed E-state index contributed by atoms with van der Waals surface area (Å²) in [5, 5.41) is 12.9. The van der Waals surface area contributed by atoms with Gasteiger partial charge < -0.3 is 14.4 Å². The molecule has 0 aliphatic carbocycles. The van der Waals surface area contributed by atoms with Gasteiger partial charge in [-0.1, -0.05) is 36.1 Å². The summed E-state index contributed by atoms with van der Waals surface area (Å²) in [5.41, 5.74) is 5.31. The summed E-state index contributed by atoms with van der Waals surface area (Å²) in [7, 11) is 0. The molecule has 1 saturated heterocycles. The molecule has 0 saturated carbocycles. The van der Waals surface area contributed by atoms with Crippen LogP contribution in [0.2, 0.25) is 0 Å². The van der Waals surface area contributed by atoms with E-state index in [0.29, 0.717) is 12.4 Å². The van der Waals surface area contributed by atoms with Crippen molar-refractivity contribution in [3.8, 4) is 22.4 Å². The van der Waals surface area contributed by atoms with Crippen molar-refractivity contribution >= 4 is 11.3 Å². The molecule has 1 aliphatic heterocycles. The van der Waals surface area contributed by atoms with E-state index in [4.69, 9.17) is 9.72 Å². The van der Waals surface area contributed by atoms with Gasteiger partial charge in [-0.25, -0.2) is 9.97 Å². The number of aliphatic hydroxyl groups is 1. The van der Waals surface area contributed by atoms with Crippen LogP contribution in [-0.4, -0.2) is 50.8 Å². The number of nitrogens with zero attached hydrogens (tertiary/aromatic N) is 4. The second-order valence-corrected chi connectivity index (χ2v) is 9.50. The van der Waals surface area contributed by atoms with Gasteiger partial charge in [0.05, 0.1) is 25.5 Å². The highest BCUT2D eigenvalue weighted by molar-refractivity contribution is 7.13. The Bertz CT molecular complexity index is 1310. The van der Waals surface area contributed by atoms with Crippen LogP contribution in [0.15, 0.2) is 66.3 Å². The van der Waals surface area contributed by atoms with E-state index in [-0.39, 0.29) is 0 Å². The van der Waals surface area contributed by atoms with Gasteiger partial charge in [-0.3, -0.25) is 4.90 Å². The Morgan fingerprint density at radius 3 is 2.37 bits per heavy atom. The predicted molar refractivity (Wildman–Crippen MR) is 138 cm³/mol. The van der Waals surface area contributed by atoms with E-state index >= 15 is 0 Å². The summed E-state index contributed by atoms with van der Waals surface area (Å²) in [6, 6.07) is 16.7. The molecule has 4 aromatic rings. The van der Waals surface area contributed by atoms with Crippen LogP contribution < -0.4 is 0 Å². The summed E-state index contributed by atoms with van der Waals surface area (Å²) in [4.78, 5) is 11.4. The van der Waals surface area contributed by atoms with Crippen LogP contribution in [0.4, 0.5) is 0 Å². The second-order valence-electron chi connectivity index (χ2n) is 8.65. The number of imidazole rings is 1. The Morgan fingerprint density at radius 2 is 1.69 bits per heavy atom. The van der Waals surface area contributed by atoms with Gasteiger partial charge in [0.15, 0.2) is 0 Å². The number of aromatic nitrogens is 3. The number of hydrogen-bond donors (Lipinski definition) is 1. The highest BCUT2D eigenvalue weighted by Gasteiger charge is 2.12. The van der Waals surface area contributed by atoms with Crippen LogP contribution in [0.1, 0.15) is 41.2 Å². The van der Waals surface area contributed by atoms with E-state index in [1.807, 2.05) is 22.9 Å². The van der Waals surface area contributed by atoms with Crippen LogP contribution in [0, 0.1) is 11.8 Å². The van der Waals surface area contributed by atoms with Crippen molar-refractivity contribution in [2.24, 2.45) is 0 Å². The lowest BCUT2D eigenvalue weighted by Crippen LogP contribution is -2.35. The zero-order valence-electron chi connectivity index (χ0n) is 19.7. The third-order valence-electron chi connectivity index (χ3n) is 5.95. The summed E-state index contributed by atoms with van der Waals surface area (Å²) in [6.45, 7) is 6.90. The molecule has 0 bridgehead atoms. The number of hydrogen-bond acceptors (Lipinski definition) is 6. The maximum absolute atomic E-state index is 9.85. The zero-order chi connectivity index (χ0) is 24.0. The van der Waals surface area contributed by atoms with Crippen molar-refractivity contribution in [2.75, 3.05) is 26.3 Å². The molecule has 2 aromatic heterocycles. The molecule has 0 radical (unpaired) electrons. The fourth-order valence-corrected chi connectivity index (χ4v) is 4.88. The van der Waals surface area contributed by atoms with Crippen LogP contribution in [0.5, 0.6) is 0 Å². The molecule has 1 atom stereocenters. The number of rotatable bonds is 6. The standard InChI is InChI=1S/C28H28N4O2S/c1-21(33)27-29-12-13-32(27)19-26-20-35-28(30-26)25-10-8-23(9-11-25)3-2-22-4-6-24(7-5-22)18-31-14-16-34-17-15-31/h4-13,20-21,33H,14-19H2,1H3. The highest BCUT2D eigenvalue weighted by atomic mass is 32.1. The number of morpholine rings is 1. The minimum absolute atomic E-state index is 0.589. The molecule has 178 valence electrons. The number of thiazole rings is 1. The van der Waals surface area contributed by atoms with Gasteiger partial charge in [0, 0.05) is 54.1 Å². The lowest BCUT2D eigenvalue weighted by Gasteiger charge is -2.26. The van der Waals surface area contributed by atoms with Crippen LogP contribution in [-0.2, 0) is 17.8 Å². The topological polar surface area (TPSA) is 63.4 Å². The largest absolute Gasteiger partial charge is 0.385 e. The van der Waals surface area contributed by atoms with Crippen molar-refractivity contribution in [2.45, 2.75) is 26.1 Å². The molecule has 2 aromatic carbocycles. The number of benzene rings is 2. The van der Waals surface area contributed by atoms with Crippen LogP contribution in [0.25, 0.3) is 10.6 Å². The number of aliphatic hydroxyl groups excluding tert-OH is 1. The molecule has 0 spiro atoms. The first-order valence-electron chi connectivity index (χ1n) is 11.8. The maximum Gasteiger partial charge on any atom is 0.137 e. The lowest BCUT2D eigenvalue weighted by atomic mass is 10.1. The van der Waals surface area contributed by atoms with Gasteiger partial charge in [0.25, 0.3) is 0 Å². The highest BCUT2D eigenvalue weighted by Crippen LogP contribution is 2.25. The average molecular weight is 485 g/mol. The summed E-state index contributed by atoms with van der Waals surface area (Å²) in [5.74, 6) is 7.18.